The van der Waals surface area contributed by atoms with Crippen LogP contribution in [-0.4, -0.2) is 42.7 Å². The molecule has 0 spiro atoms. The van der Waals surface area contributed by atoms with Crippen LogP contribution in [0.1, 0.15) is 36.4 Å². The Bertz CT molecular complexity index is 762. The standard InChI is InChI=1S/C21H27N3O2S.HI/c1-14(20-5-3-11-27-20)23-21(22-9-8-15-4-2-10-25-15)24-12-16-17(13-24)19-7-6-18(16)26-19;/h2-5,10-11,14,16-19H,6-9,12-13H2,1H3,(H,22,23);1H. The van der Waals surface area contributed by atoms with E-state index >= 15 is 0 Å². The molecule has 5 rings (SSSR count). The van der Waals surface area contributed by atoms with Crippen LogP contribution in [-0.2, 0) is 11.2 Å². The molecule has 3 aliphatic heterocycles. The fourth-order valence-corrected chi connectivity index (χ4v) is 5.63. The van der Waals surface area contributed by atoms with Crippen LogP contribution in [0.5, 0.6) is 0 Å². The molecule has 3 fully saturated rings. The maximum atomic E-state index is 6.14. The van der Waals surface area contributed by atoms with Gasteiger partial charge in [-0.25, -0.2) is 0 Å². The number of likely N-dealkylation sites (tertiary alicyclic amines) is 1. The van der Waals surface area contributed by atoms with Crippen molar-refractivity contribution in [3.63, 3.8) is 0 Å². The van der Waals surface area contributed by atoms with Crippen molar-refractivity contribution in [3.8, 4) is 0 Å². The van der Waals surface area contributed by atoms with Crippen molar-refractivity contribution in [2.24, 2.45) is 16.8 Å². The first-order valence-corrected chi connectivity index (χ1v) is 10.9. The third-order valence-corrected chi connectivity index (χ3v) is 7.32. The highest BCUT2D eigenvalue weighted by Crippen LogP contribution is 2.47. The summed E-state index contributed by atoms with van der Waals surface area (Å²) >= 11 is 1.79. The van der Waals surface area contributed by atoms with Crippen LogP contribution in [0, 0.1) is 11.8 Å². The molecule has 28 heavy (non-hydrogen) atoms. The topological polar surface area (TPSA) is 50.0 Å². The zero-order valence-corrected chi connectivity index (χ0v) is 19.3. The van der Waals surface area contributed by atoms with Crippen molar-refractivity contribution >= 4 is 41.3 Å². The highest BCUT2D eigenvalue weighted by molar-refractivity contribution is 14.0. The third-order valence-electron chi connectivity index (χ3n) is 6.27. The van der Waals surface area contributed by atoms with E-state index in [4.69, 9.17) is 14.1 Å². The number of halogens is 1. The predicted octanol–water partition coefficient (Wildman–Crippen LogP) is 4.32. The van der Waals surface area contributed by atoms with Gasteiger partial charge in [-0.05, 0) is 43.3 Å². The summed E-state index contributed by atoms with van der Waals surface area (Å²) in [4.78, 5) is 8.78. The zero-order valence-electron chi connectivity index (χ0n) is 16.1. The van der Waals surface area contributed by atoms with Gasteiger partial charge in [0.1, 0.15) is 5.76 Å². The van der Waals surface area contributed by atoms with Gasteiger partial charge in [0, 0.05) is 42.8 Å². The van der Waals surface area contributed by atoms with Crippen molar-refractivity contribution in [1.82, 2.24) is 10.2 Å². The van der Waals surface area contributed by atoms with Gasteiger partial charge in [0.25, 0.3) is 0 Å². The number of ether oxygens (including phenoxy) is 1. The van der Waals surface area contributed by atoms with Gasteiger partial charge < -0.3 is 19.4 Å². The van der Waals surface area contributed by atoms with Crippen LogP contribution in [0.25, 0.3) is 0 Å². The molecule has 5 nitrogen and oxygen atoms in total. The fraction of sp³-hybridized carbons (Fsp3) is 0.571. The molecule has 0 aliphatic carbocycles. The fourth-order valence-electron chi connectivity index (χ4n) is 4.90. The molecule has 0 amide bonds. The van der Waals surface area contributed by atoms with Crippen LogP contribution in [0.4, 0.5) is 0 Å². The second kappa shape index (κ2) is 8.75. The van der Waals surface area contributed by atoms with Gasteiger partial charge in [0.15, 0.2) is 5.96 Å². The molecule has 2 aromatic heterocycles. The van der Waals surface area contributed by atoms with Gasteiger partial charge in [-0.3, -0.25) is 4.99 Å². The number of hydrogen-bond donors (Lipinski definition) is 1. The van der Waals surface area contributed by atoms with Crippen molar-refractivity contribution in [2.45, 2.75) is 44.4 Å². The minimum absolute atomic E-state index is 0. The Morgan fingerprint density at radius 2 is 2.04 bits per heavy atom. The van der Waals surface area contributed by atoms with Gasteiger partial charge >= 0.3 is 0 Å². The van der Waals surface area contributed by atoms with Crippen LogP contribution in [0.15, 0.2) is 45.3 Å². The largest absolute Gasteiger partial charge is 0.469 e. The van der Waals surface area contributed by atoms with E-state index in [0.717, 1.165) is 37.8 Å². The van der Waals surface area contributed by atoms with Gasteiger partial charge in [-0.1, -0.05) is 6.07 Å². The zero-order chi connectivity index (χ0) is 18.2. The van der Waals surface area contributed by atoms with Crippen LogP contribution >= 0.6 is 35.3 Å². The lowest BCUT2D eigenvalue weighted by molar-refractivity contribution is 0.0766. The summed E-state index contributed by atoms with van der Waals surface area (Å²) < 4.78 is 11.6. The Balaban J connectivity index is 0.00000192. The lowest BCUT2D eigenvalue weighted by atomic mass is 9.82. The van der Waals surface area contributed by atoms with Crippen LogP contribution in [0.3, 0.4) is 0 Å². The molecule has 3 saturated heterocycles. The molecule has 5 atom stereocenters. The lowest BCUT2D eigenvalue weighted by Gasteiger charge is -2.26. The maximum Gasteiger partial charge on any atom is 0.194 e. The second-order valence-electron chi connectivity index (χ2n) is 7.94. The summed E-state index contributed by atoms with van der Waals surface area (Å²) in [6.07, 6.45) is 6.00. The molecule has 7 heteroatoms. The van der Waals surface area contributed by atoms with Gasteiger partial charge in [0.05, 0.1) is 24.5 Å². The molecule has 5 heterocycles. The summed E-state index contributed by atoms with van der Waals surface area (Å²) in [5.41, 5.74) is 0. The van der Waals surface area contributed by atoms with Crippen LogP contribution < -0.4 is 5.32 Å². The highest BCUT2D eigenvalue weighted by atomic mass is 127. The Kier molecular flexibility index (Phi) is 6.32. The van der Waals surface area contributed by atoms with Crippen molar-refractivity contribution in [3.05, 3.63) is 46.5 Å². The first-order chi connectivity index (χ1) is 13.3. The summed E-state index contributed by atoms with van der Waals surface area (Å²) in [5.74, 6) is 3.39. The molecule has 0 aromatic carbocycles. The smallest absolute Gasteiger partial charge is 0.194 e. The summed E-state index contributed by atoms with van der Waals surface area (Å²) in [6.45, 7) is 5.09. The number of hydrogen-bond acceptors (Lipinski definition) is 4. The van der Waals surface area contributed by atoms with Crippen LogP contribution in [0.2, 0.25) is 0 Å². The molecule has 0 saturated carbocycles. The molecule has 1 N–H and O–H groups in total. The van der Waals surface area contributed by atoms with E-state index in [1.54, 1.807) is 17.6 Å². The summed E-state index contributed by atoms with van der Waals surface area (Å²) in [5, 5.41) is 5.83. The maximum absolute atomic E-state index is 6.14. The van der Waals surface area contributed by atoms with E-state index in [9.17, 15) is 0 Å². The number of aliphatic imine (C=N–C) groups is 1. The first-order valence-electron chi connectivity index (χ1n) is 10.0. The molecule has 152 valence electrons. The third kappa shape index (κ3) is 3.98. The summed E-state index contributed by atoms with van der Waals surface area (Å²) in [6, 6.07) is 8.53. The molecule has 5 unspecified atom stereocenters. The average molecular weight is 513 g/mol. The van der Waals surface area contributed by atoms with Gasteiger partial charge in [0.2, 0.25) is 0 Å². The van der Waals surface area contributed by atoms with Crippen molar-refractivity contribution < 1.29 is 9.15 Å². The summed E-state index contributed by atoms with van der Waals surface area (Å²) in [7, 11) is 0. The second-order valence-corrected chi connectivity index (χ2v) is 8.92. The van der Waals surface area contributed by atoms with Gasteiger partial charge in [-0.2, -0.15) is 0 Å². The Hall–Kier alpha value is -1.06. The molecule has 0 radical (unpaired) electrons. The number of guanidine groups is 1. The van der Waals surface area contributed by atoms with E-state index in [2.05, 4.69) is 34.7 Å². The number of fused-ring (bicyclic) bond motifs is 5. The highest BCUT2D eigenvalue weighted by Gasteiger charge is 2.53. The number of nitrogens with zero attached hydrogens (tertiary/aromatic N) is 2. The van der Waals surface area contributed by atoms with E-state index in [-0.39, 0.29) is 30.0 Å². The lowest BCUT2D eigenvalue weighted by Crippen LogP contribution is -2.42. The Morgan fingerprint density at radius 3 is 2.68 bits per heavy atom. The van der Waals surface area contributed by atoms with E-state index < -0.39 is 0 Å². The predicted molar refractivity (Wildman–Crippen MR) is 122 cm³/mol. The first kappa shape index (κ1) is 20.2. The van der Waals surface area contributed by atoms with Crippen molar-refractivity contribution in [2.75, 3.05) is 19.6 Å². The van der Waals surface area contributed by atoms with Gasteiger partial charge in [-0.15, -0.1) is 35.3 Å². The van der Waals surface area contributed by atoms with E-state index in [1.807, 2.05) is 12.1 Å². The normalized spacial score (nSPS) is 29.6. The van der Waals surface area contributed by atoms with E-state index in [1.165, 1.54) is 17.7 Å². The minimum Gasteiger partial charge on any atom is -0.469 e. The number of nitrogens with one attached hydrogen (secondary N) is 1. The number of rotatable bonds is 5. The van der Waals surface area contributed by atoms with Crippen molar-refractivity contribution in [1.29, 1.82) is 0 Å². The Labute approximate surface area is 187 Å². The monoisotopic (exact) mass is 513 g/mol. The molecule has 2 bridgehead atoms. The molecule has 2 aromatic rings. The minimum atomic E-state index is 0. The quantitative estimate of drug-likeness (QED) is 0.368. The number of thiophene rings is 1. The number of furan rings is 1. The molecule has 3 aliphatic rings. The average Bonchev–Trinajstić information content (AvgIpc) is 3.49. The molecular weight excluding hydrogens is 485 g/mol. The van der Waals surface area contributed by atoms with E-state index in [0.29, 0.717) is 24.0 Å². The SMILES string of the molecule is CC(NC(=NCCc1ccco1)N1CC2C3CCC(O3)C2C1)c1cccs1.I. The molecular formula is C21H28IN3O2S. The Morgan fingerprint density at radius 1 is 1.25 bits per heavy atom.